The van der Waals surface area contributed by atoms with Gasteiger partial charge in [-0.15, -0.1) is 11.3 Å². The van der Waals surface area contributed by atoms with Crippen molar-refractivity contribution in [1.82, 2.24) is 4.98 Å². The maximum absolute atomic E-state index is 11.7. The number of nitrogens with zero attached hydrogens (tertiary/aromatic N) is 1. The number of aliphatic carboxylic acids is 1. The summed E-state index contributed by atoms with van der Waals surface area (Å²) in [5, 5.41) is 11.3. The fourth-order valence-electron chi connectivity index (χ4n) is 0.714. The van der Waals surface area contributed by atoms with Crippen LogP contribution < -0.4 is 0 Å². The first-order valence-corrected chi connectivity index (χ1v) is 6.14. The Labute approximate surface area is 88.4 Å². The van der Waals surface area contributed by atoms with E-state index in [4.69, 9.17) is 5.11 Å². The Kier molecular flexibility index (Phi) is 3.38. The second-order valence-corrected chi connectivity index (χ2v) is 6.21. The summed E-state index contributed by atoms with van der Waals surface area (Å²) in [6.45, 7) is 2.91. The van der Waals surface area contributed by atoms with Crippen molar-refractivity contribution in [2.45, 2.75) is 24.3 Å². The average Bonchev–Trinajstić information content (AvgIpc) is 2.56. The Balaban J connectivity index is 2.72. The number of rotatable bonds is 4. The first-order valence-electron chi connectivity index (χ1n) is 3.95. The van der Waals surface area contributed by atoms with Crippen LogP contribution in [0.5, 0.6) is 0 Å². The number of thiazole rings is 1. The van der Waals surface area contributed by atoms with E-state index in [1.807, 2.05) is 0 Å². The van der Waals surface area contributed by atoms with Gasteiger partial charge in [0.1, 0.15) is 9.75 Å². The highest BCUT2D eigenvalue weighted by molar-refractivity contribution is 7.86. The van der Waals surface area contributed by atoms with E-state index in [1.54, 1.807) is 11.6 Å². The summed E-state index contributed by atoms with van der Waals surface area (Å²) in [6.07, 6.45) is 1.62. The zero-order valence-corrected chi connectivity index (χ0v) is 9.52. The van der Waals surface area contributed by atoms with E-state index >= 15 is 0 Å². The van der Waals surface area contributed by atoms with Gasteiger partial charge >= 0.3 is 5.97 Å². The van der Waals surface area contributed by atoms with E-state index in [1.165, 1.54) is 25.2 Å². The number of hydrogen-bond acceptors (Lipinski definition) is 4. The predicted octanol–water partition coefficient (Wildman–Crippen LogP) is 1.26. The van der Waals surface area contributed by atoms with Crippen molar-refractivity contribution >= 4 is 28.1 Å². The van der Waals surface area contributed by atoms with Crippen LogP contribution in [0.25, 0.3) is 0 Å². The van der Waals surface area contributed by atoms with Crippen molar-refractivity contribution in [1.29, 1.82) is 0 Å². The fraction of sp³-hybridized carbons (Fsp3) is 0.500. The van der Waals surface area contributed by atoms with E-state index in [0.29, 0.717) is 5.01 Å². The maximum atomic E-state index is 11.7. The normalized spacial score (nSPS) is 13.9. The van der Waals surface area contributed by atoms with Gasteiger partial charge in [-0.25, -0.2) is 4.98 Å². The molecule has 1 rings (SSSR count). The fourth-order valence-corrected chi connectivity index (χ4v) is 2.56. The molecule has 0 spiro atoms. The molecule has 1 N–H and O–H groups in total. The second-order valence-electron chi connectivity index (χ2n) is 3.23. The summed E-state index contributed by atoms with van der Waals surface area (Å²) in [4.78, 5) is 14.7. The molecule has 0 fully saturated rings. The lowest BCUT2D eigenvalue weighted by Crippen LogP contribution is -2.37. The highest BCUT2D eigenvalue weighted by Gasteiger charge is 2.34. The Morgan fingerprint density at radius 3 is 2.79 bits per heavy atom. The van der Waals surface area contributed by atoms with Gasteiger partial charge in [0.15, 0.2) is 0 Å². The molecule has 1 aromatic heterocycles. The molecule has 0 aliphatic carbocycles. The van der Waals surface area contributed by atoms with E-state index < -0.39 is 21.5 Å². The van der Waals surface area contributed by atoms with Gasteiger partial charge in [0, 0.05) is 22.4 Å². The van der Waals surface area contributed by atoms with Crippen LogP contribution in [0.3, 0.4) is 0 Å². The molecular weight excluding hydrogens is 222 g/mol. The first-order chi connectivity index (χ1) is 6.44. The molecule has 0 aromatic carbocycles. The number of hydrogen-bond donors (Lipinski definition) is 1. The molecular formula is C8H11NO3S2. The Bertz CT molecular complexity index is 345. The third-order valence-corrected chi connectivity index (χ3v) is 4.63. The van der Waals surface area contributed by atoms with Crippen molar-refractivity contribution in [2.75, 3.05) is 0 Å². The predicted molar refractivity (Wildman–Crippen MR) is 55.7 cm³/mol. The maximum Gasteiger partial charge on any atom is 0.321 e. The number of carbonyl (C=O) groups is 1. The summed E-state index contributed by atoms with van der Waals surface area (Å²) in [7, 11) is -1.44. The van der Waals surface area contributed by atoms with Crippen LogP contribution in [0.15, 0.2) is 11.6 Å². The van der Waals surface area contributed by atoms with Crippen LogP contribution in [-0.4, -0.2) is 25.0 Å². The lowest BCUT2D eigenvalue weighted by molar-refractivity contribution is -0.139. The van der Waals surface area contributed by atoms with E-state index in [9.17, 15) is 9.00 Å². The topological polar surface area (TPSA) is 67.3 Å². The zero-order chi connectivity index (χ0) is 10.8. The molecule has 78 valence electrons. The summed E-state index contributed by atoms with van der Waals surface area (Å²) < 4.78 is 10.5. The molecule has 0 saturated carbocycles. The molecule has 1 heterocycles. The van der Waals surface area contributed by atoms with Gasteiger partial charge in [0.2, 0.25) is 0 Å². The highest BCUT2D eigenvalue weighted by Crippen LogP contribution is 2.18. The molecule has 4 nitrogen and oxygen atoms in total. The van der Waals surface area contributed by atoms with Crippen LogP contribution in [0, 0.1) is 0 Å². The molecule has 14 heavy (non-hydrogen) atoms. The second kappa shape index (κ2) is 4.18. The van der Waals surface area contributed by atoms with Gasteiger partial charge in [-0.2, -0.15) is 0 Å². The van der Waals surface area contributed by atoms with E-state index in [-0.39, 0.29) is 5.75 Å². The standard InChI is InChI=1S/C8H11NO3S2/c1-8(2,7(10)11)14(12)5-6-9-3-4-13-6/h3-4H,5H2,1-2H3,(H,10,11). The van der Waals surface area contributed by atoms with Gasteiger partial charge in [0.25, 0.3) is 0 Å². The number of aromatic nitrogens is 1. The molecule has 0 aliphatic heterocycles. The Hall–Kier alpha value is -0.750. The molecule has 0 bridgehead atoms. The van der Waals surface area contributed by atoms with Crippen LogP contribution >= 0.6 is 11.3 Å². The summed E-state index contributed by atoms with van der Waals surface area (Å²) >= 11 is 1.38. The van der Waals surface area contributed by atoms with Crippen LogP contribution in [0.4, 0.5) is 0 Å². The van der Waals surface area contributed by atoms with Gasteiger partial charge in [-0.1, -0.05) is 0 Å². The number of carboxylic acid groups (broad SMARTS) is 1. The lowest BCUT2D eigenvalue weighted by Gasteiger charge is -2.17. The van der Waals surface area contributed by atoms with Gasteiger partial charge in [-0.05, 0) is 13.8 Å². The van der Waals surface area contributed by atoms with E-state index in [0.717, 1.165) is 0 Å². The third-order valence-electron chi connectivity index (χ3n) is 1.82. The molecule has 0 radical (unpaired) electrons. The minimum atomic E-state index is -1.44. The van der Waals surface area contributed by atoms with Crippen LogP contribution in [-0.2, 0) is 21.3 Å². The SMILES string of the molecule is CC(C)(C(=O)O)S(=O)Cc1nccs1. The summed E-state index contributed by atoms with van der Waals surface area (Å²) in [5.41, 5.74) is 0. The molecule has 0 amide bonds. The van der Waals surface area contributed by atoms with Crippen molar-refractivity contribution in [3.05, 3.63) is 16.6 Å². The van der Waals surface area contributed by atoms with Crippen LogP contribution in [0.1, 0.15) is 18.9 Å². The van der Waals surface area contributed by atoms with E-state index in [2.05, 4.69) is 4.98 Å². The van der Waals surface area contributed by atoms with Crippen molar-refractivity contribution in [3.63, 3.8) is 0 Å². The molecule has 0 saturated heterocycles. The largest absolute Gasteiger partial charge is 0.480 e. The minimum absolute atomic E-state index is 0.205. The zero-order valence-electron chi connectivity index (χ0n) is 7.89. The third kappa shape index (κ3) is 2.39. The summed E-state index contributed by atoms with van der Waals surface area (Å²) in [5.74, 6) is -0.843. The molecule has 0 aliphatic rings. The molecule has 1 aromatic rings. The van der Waals surface area contributed by atoms with Crippen molar-refractivity contribution < 1.29 is 14.1 Å². The molecule has 1 unspecified atom stereocenters. The van der Waals surface area contributed by atoms with Gasteiger partial charge < -0.3 is 5.11 Å². The monoisotopic (exact) mass is 233 g/mol. The van der Waals surface area contributed by atoms with Gasteiger partial charge in [-0.3, -0.25) is 9.00 Å². The Morgan fingerprint density at radius 2 is 2.36 bits per heavy atom. The first kappa shape index (κ1) is 11.3. The number of carboxylic acids is 1. The van der Waals surface area contributed by atoms with Crippen LogP contribution in [0.2, 0.25) is 0 Å². The quantitative estimate of drug-likeness (QED) is 0.850. The molecule has 6 heteroatoms. The van der Waals surface area contributed by atoms with Gasteiger partial charge in [0.05, 0.1) is 5.75 Å². The summed E-state index contributed by atoms with van der Waals surface area (Å²) in [6, 6.07) is 0. The minimum Gasteiger partial charge on any atom is -0.480 e. The smallest absolute Gasteiger partial charge is 0.321 e. The Morgan fingerprint density at radius 1 is 1.71 bits per heavy atom. The highest BCUT2D eigenvalue weighted by atomic mass is 32.2. The average molecular weight is 233 g/mol. The lowest BCUT2D eigenvalue weighted by atomic mass is 10.2. The van der Waals surface area contributed by atoms with Crippen molar-refractivity contribution in [2.24, 2.45) is 0 Å². The molecule has 1 atom stereocenters. The van der Waals surface area contributed by atoms with Crippen molar-refractivity contribution in [3.8, 4) is 0 Å².